The number of aromatic hydroxyl groups is 1. The Morgan fingerprint density at radius 1 is 0.870 bits per heavy atom. The van der Waals surface area contributed by atoms with Gasteiger partial charge in [-0.05, 0) is 39.2 Å². The summed E-state index contributed by atoms with van der Waals surface area (Å²) >= 11 is 0. The van der Waals surface area contributed by atoms with Gasteiger partial charge in [0.15, 0.2) is 0 Å². The Kier molecular flexibility index (Phi) is 4.59. The van der Waals surface area contributed by atoms with Gasteiger partial charge in [0.1, 0.15) is 5.75 Å². The van der Waals surface area contributed by atoms with Crippen LogP contribution in [0.2, 0.25) is 0 Å². The maximum absolute atomic E-state index is 10.3. The van der Waals surface area contributed by atoms with Gasteiger partial charge in [-0.1, -0.05) is 71.9 Å². The normalized spacial score (nSPS) is 12.5. The van der Waals surface area contributed by atoms with Crippen molar-refractivity contribution in [3.8, 4) is 16.9 Å². The van der Waals surface area contributed by atoms with E-state index in [0.717, 1.165) is 22.3 Å². The summed E-state index contributed by atoms with van der Waals surface area (Å²) in [5.41, 5.74) is 4.85. The Balaban J connectivity index is 2.87. The van der Waals surface area contributed by atoms with Crippen molar-refractivity contribution >= 4 is 0 Å². The van der Waals surface area contributed by atoms with Crippen molar-refractivity contribution in [3.05, 3.63) is 53.1 Å². The van der Waals surface area contributed by atoms with Crippen LogP contribution in [0.25, 0.3) is 11.1 Å². The van der Waals surface area contributed by atoms with E-state index in [0.29, 0.717) is 0 Å². The van der Waals surface area contributed by atoms with Gasteiger partial charge in [0.05, 0.1) is 6.61 Å². The van der Waals surface area contributed by atoms with Gasteiger partial charge in [0.2, 0.25) is 0 Å². The lowest BCUT2D eigenvalue weighted by Gasteiger charge is -2.29. The molecule has 0 aliphatic carbocycles. The van der Waals surface area contributed by atoms with Gasteiger partial charge in [-0.3, -0.25) is 0 Å². The molecule has 0 unspecified atom stereocenters. The van der Waals surface area contributed by atoms with E-state index in [2.05, 4.69) is 53.7 Å². The zero-order chi connectivity index (χ0) is 17.4. The van der Waals surface area contributed by atoms with E-state index in [1.165, 1.54) is 5.56 Å². The molecule has 2 heteroatoms. The summed E-state index contributed by atoms with van der Waals surface area (Å²) in [5.74, 6) is 0.246. The van der Waals surface area contributed by atoms with Gasteiger partial charge in [0.25, 0.3) is 0 Å². The fourth-order valence-electron chi connectivity index (χ4n) is 2.85. The molecule has 124 valence electrons. The number of para-hydroxylation sites is 1. The van der Waals surface area contributed by atoms with Gasteiger partial charge in [-0.2, -0.15) is 0 Å². The third kappa shape index (κ3) is 3.59. The van der Waals surface area contributed by atoms with Crippen molar-refractivity contribution in [1.82, 2.24) is 0 Å². The predicted octanol–water partition coefficient (Wildman–Crippen LogP) is 5.15. The Hall–Kier alpha value is -1.80. The number of benzene rings is 2. The first-order valence-corrected chi connectivity index (χ1v) is 8.13. The lowest BCUT2D eigenvalue weighted by atomic mass is 9.75. The smallest absolute Gasteiger partial charge is 0.123 e. The predicted molar refractivity (Wildman–Crippen MR) is 96.9 cm³/mol. The zero-order valence-electron chi connectivity index (χ0n) is 15.1. The SMILES string of the molecule is CC(C)(C)c1cc(CO)c(-c2ccccc2O)c(C(C)(C)C)c1. The molecule has 2 rings (SSSR count). The second-order valence-electron chi connectivity index (χ2n) is 8.23. The first-order chi connectivity index (χ1) is 10.6. The minimum Gasteiger partial charge on any atom is -0.507 e. The zero-order valence-corrected chi connectivity index (χ0v) is 15.1. The van der Waals surface area contributed by atoms with Gasteiger partial charge < -0.3 is 10.2 Å². The van der Waals surface area contributed by atoms with Crippen LogP contribution in [0, 0.1) is 0 Å². The molecule has 0 aromatic heterocycles. The molecule has 0 amide bonds. The van der Waals surface area contributed by atoms with Gasteiger partial charge in [-0.15, -0.1) is 0 Å². The summed E-state index contributed by atoms with van der Waals surface area (Å²) in [6.45, 7) is 13.0. The number of aliphatic hydroxyl groups is 1. The lowest BCUT2D eigenvalue weighted by Crippen LogP contribution is -2.19. The number of phenolic OH excluding ortho intramolecular Hbond substituents is 1. The summed E-state index contributed by atoms with van der Waals surface area (Å²) in [5, 5.41) is 20.3. The molecule has 0 atom stereocenters. The monoisotopic (exact) mass is 312 g/mol. The van der Waals surface area contributed by atoms with Crippen LogP contribution in [0.3, 0.4) is 0 Å². The molecule has 2 N–H and O–H groups in total. The highest BCUT2D eigenvalue weighted by Crippen LogP contribution is 2.42. The molecule has 0 heterocycles. The second kappa shape index (κ2) is 6.01. The molecule has 0 aliphatic rings. The van der Waals surface area contributed by atoms with Crippen LogP contribution in [-0.2, 0) is 17.4 Å². The summed E-state index contributed by atoms with van der Waals surface area (Å²) in [4.78, 5) is 0. The standard InChI is InChI=1S/C21H28O2/c1-20(2,3)15-11-14(13-22)19(17(12-15)21(4,5)6)16-9-7-8-10-18(16)23/h7-12,22-23H,13H2,1-6H3. The molecule has 0 spiro atoms. The van der Waals surface area contributed by atoms with Crippen molar-refractivity contribution in [3.63, 3.8) is 0 Å². The Morgan fingerprint density at radius 2 is 1.48 bits per heavy atom. The van der Waals surface area contributed by atoms with Crippen molar-refractivity contribution in [2.45, 2.75) is 59.0 Å². The van der Waals surface area contributed by atoms with Crippen LogP contribution in [0.4, 0.5) is 0 Å². The molecule has 2 nitrogen and oxygen atoms in total. The molecular formula is C21H28O2. The minimum absolute atomic E-state index is 0.00117. The Bertz CT molecular complexity index is 701. The molecule has 0 fully saturated rings. The first kappa shape index (κ1) is 17.6. The van der Waals surface area contributed by atoms with Crippen LogP contribution in [-0.4, -0.2) is 10.2 Å². The molecule has 0 bridgehead atoms. The van der Waals surface area contributed by atoms with Crippen LogP contribution in [0.5, 0.6) is 5.75 Å². The average molecular weight is 312 g/mol. The second-order valence-corrected chi connectivity index (χ2v) is 8.23. The van der Waals surface area contributed by atoms with Gasteiger partial charge >= 0.3 is 0 Å². The van der Waals surface area contributed by atoms with Crippen molar-refractivity contribution in [2.75, 3.05) is 0 Å². The number of phenols is 1. The van der Waals surface area contributed by atoms with Crippen LogP contribution < -0.4 is 0 Å². The average Bonchev–Trinajstić information content (AvgIpc) is 2.44. The van der Waals surface area contributed by atoms with E-state index in [-0.39, 0.29) is 23.2 Å². The third-order valence-corrected chi connectivity index (χ3v) is 4.24. The number of rotatable bonds is 2. The molecular weight excluding hydrogens is 284 g/mol. The fraction of sp³-hybridized carbons (Fsp3) is 0.429. The molecule has 0 saturated carbocycles. The lowest BCUT2D eigenvalue weighted by molar-refractivity contribution is 0.282. The van der Waals surface area contributed by atoms with E-state index in [9.17, 15) is 10.2 Å². The highest BCUT2D eigenvalue weighted by atomic mass is 16.3. The molecule has 23 heavy (non-hydrogen) atoms. The Labute approximate surface area is 139 Å². The molecule has 0 saturated heterocycles. The summed E-state index contributed by atoms with van der Waals surface area (Å²) < 4.78 is 0. The van der Waals surface area contributed by atoms with Crippen molar-refractivity contribution in [1.29, 1.82) is 0 Å². The number of hydrogen-bond donors (Lipinski definition) is 2. The summed E-state index contributed by atoms with van der Waals surface area (Å²) in [6.07, 6.45) is 0. The number of aliphatic hydroxyl groups excluding tert-OH is 1. The highest BCUT2D eigenvalue weighted by molar-refractivity contribution is 5.77. The van der Waals surface area contributed by atoms with Crippen LogP contribution in [0.15, 0.2) is 36.4 Å². The van der Waals surface area contributed by atoms with Gasteiger partial charge in [-0.25, -0.2) is 0 Å². The van der Waals surface area contributed by atoms with E-state index >= 15 is 0 Å². The van der Waals surface area contributed by atoms with Crippen molar-refractivity contribution < 1.29 is 10.2 Å². The highest BCUT2D eigenvalue weighted by Gasteiger charge is 2.26. The van der Waals surface area contributed by atoms with E-state index in [1.807, 2.05) is 18.2 Å². The first-order valence-electron chi connectivity index (χ1n) is 8.13. The maximum Gasteiger partial charge on any atom is 0.123 e. The fourth-order valence-corrected chi connectivity index (χ4v) is 2.85. The summed E-state index contributed by atoms with van der Waals surface area (Å²) in [7, 11) is 0. The molecule has 2 aromatic rings. The molecule has 0 radical (unpaired) electrons. The van der Waals surface area contributed by atoms with E-state index in [1.54, 1.807) is 6.07 Å². The largest absolute Gasteiger partial charge is 0.507 e. The molecule has 2 aromatic carbocycles. The third-order valence-electron chi connectivity index (χ3n) is 4.24. The Morgan fingerprint density at radius 3 is 1.96 bits per heavy atom. The van der Waals surface area contributed by atoms with E-state index in [4.69, 9.17) is 0 Å². The summed E-state index contributed by atoms with van der Waals surface area (Å²) in [6, 6.07) is 11.6. The van der Waals surface area contributed by atoms with E-state index < -0.39 is 0 Å². The topological polar surface area (TPSA) is 40.5 Å². The van der Waals surface area contributed by atoms with Gasteiger partial charge in [0, 0.05) is 5.56 Å². The van der Waals surface area contributed by atoms with Crippen molar-refractivity contribution in [2.24, 2.45) is 0 Å². The number of hydrogen-bond acceptors (Lipinski definition) is 2. The minimum atomic E-state index is -0.0944. The van der Waals surface area contributed by atoms with Crippen LogP contribution in [0.1, 0.15) is 58.2 Å². The molecule has 0 aliphatic heterocycles. The van der Waals surface area contributed by atoms with Crippen LogP contribution >= 0.6 is 0 Å². The maximum atomic E-state index is 10.3. The quantitative estimate of drug-likeness (QED) is 0.805.